The summed E-state index contributed by atoms with van der Waals surface area (Å²) in [5.74, 6) is -2.21. The van der Waals surface area contributed by atoms with Gasteiger partial charge in [-0.1, -0.05) is 18.2 Å². The summed E-state index contributed by atoms with van der Waals surface area (Å²) in [4.78, 5) is 35.8. The number of benzene rings is 3. The molecule has 0 unspecified atom stereocenters. The lowest BCUT2D eigenvalue weighted by molar-refractivity contribution is -0.118. The van der Waals surface area contributed by atoms with E-state index >= 15 is 0 Å². The largest absolute Gasteiger partial charge is 0.484 e. The van der Waals surface area contributed by atoms with Crippen molar-refractivity contribution in [2.24, 2.45) is 0 Å². The lowest BCUT2D eigenvalue weighted by atomic mass is 10.1. The molecule has 30 heavy (non-hydrogen) atoms. The fraction of sp³-hybridized carbons (Fsp3) is 0.0455. The average Bonchev–Trinajstić information content (AvgIpc) is 2.74. The number of rotatable bonds is 7. The fourth-order valence-electron chi connectivity index (χ4n) is 2.59. The smallest absolute Gasteiger partial charge is 0.337 e. The number of aromatic carboxylic acids is 1. The molecule has 0 aliphatic carbocycles. The van der Waals surface area contributed by atoms with Crippen LogP contribution in [0.5, 0.6) is 5.75 Å². The molecule has 3 N–H and O–H groups in total. The van der Waals surface area contributed by atoms with Crippen LogP contribution in [0.2, 0.25) is 0 Å². The molecular weight excluding hydrogens is 391 g/mol. The number of carbonyl (C=O) groups excluding carboxylic acids is 2. The Kier molecular flexibility index (Phi) is 6.39. The third-order valence-corrected chi connectivity index (χ3v) is 4.00. The van der Waals surface area contributed by atoms with Gasteiger partial charge in [-0.3, -0.25) is 9.59 Å². The second kappa shape index (κ2) is 9.33. The van der Waals surface area contributed by atoms with Gasteiger partial charge in [0.25, 0.3) is 11.8 Å². The second-order valence-corrected chi connectivity index (χ2v) is 6.18. The number of carbonyl (C=O) groups is 3. The second-order valence-electron chi connectivity index (χ2n) is 6.18. The van der Waals surface area contributed by atoms with Gasteiger partial charge in [0.05, 0.1) is 11.3 Å². The van der Waals surface area contributed by atoms with E-state index in [4.69, 9.17) is 4.74 Å². The SMILES string of the molecule is O=C(COc1ccc(F)cc1)Nc1cccc(C(=O)Nc2ccccc2C(=O)O)c1. The van der Waals surface area contributed by atoms with Gasteiger partial charge in [0, 0.05) is 11.3 Å². The van der Waals surface area contributed by atoms with E-state index in [2.05, 4.69) is 10.6 Å². The molecule has 3 rings (SSSR count). The number of ether oxygens (including phenoxy) is 1. The van der Waals surface area contributed by atoms with Crippen LogP contribution in [0.4, 0.5) is 15.8 Å². The number of hydrogen-bond donors (Lipinski definition) is 3. The molecule has 8 heteroatoms. The van der Waals surface area contributed by atoms with Crippen LogP contribution >= 0.6 is 0 Å². The summed E-state index contributed by atoms with van der Waals surface area (Å²) in [7, 11) is 0. The van der Waals surface area contributed by atoms with Crippen LogP contribution in [0.15, 0.2) is 72.8 Å². The lowest BCUT2D eigenvalue weighted by Gasteiger charge is -2.10. The number of carboxylic acids is 1. The van der Waals surface area contributed by atoms with E-state index in [1.807, 2.05) is 0 Å². The highest BCUT2D eigenvalue weighted by molar-refractivity contribution is 6.08. The zero-order chi connectivity index (χ0) is 21.5. The molecule has 0 fully saturated rings. The molecule has 0 aliphatic heterocycles. The maximum atomic E-state index is 12.9. The third-order valence-electron chi connectivity index (χ3n) is 4.00. The van der Waals surface area contributed by atoms with Gasteiger partial charge in [-0.15, -0.1) is 0 Å². The monoisotopic (exact) mass is 408 g/mol. The normalized spacial score (nSPS) is 10.2. The Morgan fingerprint density at radius 1 is 0.900 bits per heavy atom. The molecule has 0 radical (unpaired) electrons. The molecule has 2 amide bonds. The Balaban J connectivity index is 1.62. The van der Waals surface area contributed by atoms with Crippen LogP contribution in [0.3, 0.4) is 0 Å². The highest BCUT2D eigenvalue weighted by Crippen LogP contribution is 2.18. The van der Waals surface area contributed by atoms with Gasteiger partial charge < -0.3 is 20.5 Å². The molecule has 0 aliphatic rings. The minimum Gasteiger partial charge on any atom is -0.484 e. The number of hydrogen-bond acceptors (Lipinski definition) is 4. The van der Waals surface area contributed by atoms with Crippen molar-refractivity contribution in [1.82, 2.24) is 0 Å². The molecule has 3 aromatic carbocycles. The molecule has 0 saturated heterocycles. The minimum absolute atomic E-state index is 0.0340. The average molecular weight is 408 g/mol. The standard InChI is InChI=1S/C22H17FN2O5/c23-15-8-10-17(11-9-15)30-13-20(26)24-16-5-3-4-14(12-16)21(27)25-19-7-2-1-6-18(19)22(28)29/h1-12H,13H2,(H,24,26)(H,25,27)(H,28,29). The van der Waals surface area contributed by atoms with E-state index in [0.29, 0.717) is 11.4 Å². The Morgan fingerprint density at radius 2 is 1.63 bits per heavy atom. The third kappa shape index (κ3) is 5.41. The maximum absolute atomic E-state index is 12.9. The lowest BCUT2D eigenvalue weighted by Crippen LogP contribution is -2.20. The quantitative estimate of drug-likeness (QED) is 0.552. The van der Waals surface area contributed by atoms with Gasteiger partial charge in [-0.05, 0) is 54.6 Å². The van der Waals surface area contributed by atoms with Crippen LogP contribution < -0.4 is 15.4 Å². The first-order valence-corrected chi connectivity index (χ1v) is 8.84. The highest BCUT2D eigenvalue weighted by atomic mass is 19.1. The zero-order valence-corrected chi connectivity index (χ0v) is 15.6. The van der Waals surface area contributed by atoms with Crippen LogP contribution in [0, 0.1) is 5.82 Å². The molecule has 3 aromatic rings. The van der Waals surface area contributed by atoms with Gasteiger partial charge in [0.1, 0.15) is 11.6 Å². The Hall–Kier alpha value is -4.20. The van der Waals surface area contributed by atoms with E-state index in [1.54, 1.807) is 24.3 Å². The van der Waals surface area contributed by atoms with E-state index in [-0.39, 0.29) is 23.4 Å². The summed E-state index contributed by atoms with van der Waals surface area (Å²) in [6, 6.07) is 17.4. The van der Waals surface area contributed by atoms with Crippen molar-refractivity contribution >= 4 is 29.2 Å². The van der Waals surface area contributed by atoms with E-state index in [0.717, 1.165) is 0 Å². The summed E-state index contributed by atoms with van der Waals surface area (Å²) in [6.07, 6.45) is 0. The summed E-state index contributed by atoms with van der Waals surface area (Å²) >= 11 is 0. The summed E-state index contributed by atoms with van der Waals surface area (Å²) in [5, 5.41) is 14.4. The molecule has 0 spiro atoms. The van der Waals surface area contributed by atoms with Crippen molar-refractivity contribution in [2.45, 2.75) is 0 Å². The molecule has 0 bridgehead atoms. The minimum atomic E-state index is -1.16. The number of carboxylic acid groups (broad SMARTS) is 1. The van der Waals surface area contributed by atoms with Gasteiger partial charge >= 0.3 is 5.97 Å². The maximum Gasteiger partial charge on any atom is 0.337 e. The van der Waals surface area contributed by atoms with Gasteiger partial charge in [-0.25, -0.2) is 9.18 Å². The highest BCUT2D eigenvalue weighted by Gasteiger charge is 2.14. The van der Waals surface area contributed by atoms with E-state index in [1.165, 1.54) is 48.5 Å². The number of halogens is 1. The first-order valence-electron chi connectivity index (χ1n) is 8.84. The number of nitrogens with one attached hydrogen (secondary N) is 2. The van der Waals surface area contributed by atoms with Crippen molar-refractivity contribution in [1.29, 1.82) is 0 Å². The van der Waals surface area contributed by atoms with Crippen molar-refractivity contribution in [3.63, 3.8) is 0 Å². The first kappa shape index (κ1) is 20.5. The topological polar surface area (TPSA) is 105 Å². The molecule has 7 nitrogen and oxygen atoms in total. The zero-order valence-electron chi connectivity index (χ0n) is 15.6. The predicted octanol–water partition coefficient (Wildman–Crippen LogP) is 3.79. The van der Waals surface area contributed by atoms with E-state index in [9.17, 15) is 23.9 Å². The molecule has 152 valence electrons. The Labute approximate surface area is 171 Å². The van der Waals surface area contributed by atoms with Gasteiger partial charge in [-0.2, -0.15) is 0 Å². The van der Waals surface area contributed by atoms with Crippen LogP contribution in [0.25, 0.3) is 0 Å². The number of para-hydroxylation sites is 1. The predicted molar refractivity (Wildman–Crippen MR) is 108 cm³/mol. The van der Waals surface area contributed by atoms with Crippen LogP contribution in [-0.4, -0.2) is 29.5 Å². The summed E-state index contributed by atoms with van der Waals surface area (Å²) in [6.45, 7) is -0.298. The summed E-state index contributed by atoms with van der Waals surface area (Å²) in [5.41, 5.74) is 0.722. The summed E-state index contributed by atoms with van der Waals surface area (Å²) < 4.78 is 18.2. The number of amides is 2. The Morgan fingerprint density at radius 3 is 2.37 bits per heavy atom. The molecular formula is C22H17FN2O5. The van der Waals surface area contributed by atoms with Gasteiger partial charge in [0.15, 0.2) is 6.61 Å². The molecule has 0 heterocycles. The first-order chi connectivity index (χ1) is 14.4. The van der Waals surface area contributed by atoms with Crippen molar-refractivity contribution < 1.29 is 28.6 Å². The molecule has 0 aromatic heterocycles. The van der Waals surface area contributed by atoms with Crippen LogP contribution in [0.1, 0.15) is 20.7 Å². The van der Waals surface area contributed by atoms with Crippen molar-refractivity contribution in [3.05, 3.63) is 89.7 Å². The van der Waals surface area contributed by atoms with E-state index < -0.39 is 23.6 Å². The van der Waals surface area contributed by atoms with Crippen molar-refractivity contribution in [2.75, 3.05) is 17.2 Å². The number of anilines is 2. The molecule has 0 saturated carbocycles. The Bertz CT molecular complexity index is 1080. The van der Waals surface area contributed by atoms with Crippen molar-refractivity contribution in [3.8, 4) is 5.75 Å². The van der Waals surface area contributed by atoms with Gasteiger partial charge in [0.2, 0.25) is 0 Å². The fourth-order valence-corrected chi connectivity index (χ4v) is 2.59. The molecule has 0 atom stereocenters. The van der Waals surface area contributed by atoms with Crippen LogP contribution in [-0.2, 0) is 4.79 Å².